The second kappa shape index (κ2) is 8.41. The summed E-state index contributed by atoms with van der Waals surface area (Å²) in [6.45, 7) is -0.464. The number of carboxylic acids is 1. The summed E-state index contributed by atoms with van der Waals surface area (Å²) in [4.78, 5) is 27.7. The molecule has 27 heavy (non-hydrogen) atoms. The van der Waals surface area contributed by atoms with Crippen LogP contribution in [-0.2, 0) is 9.59 Å². The summed E-state index contributed by atoms with van der Waals surface area (Å²) >= 11 is 1.24. The van der Waals surface area contributed by atoms with E-state index in [-0.39, 0.29) is 5.91 Å². The molecule has 138 valence electrons. The number of carbonyl (C=O) groups excluding carboxylic acids is 1. The first-order chi connectivity index (χ1) is 13.0. The van der Waals surface area contributed by atoms with Crippen molar-refractivity contribution in [1.82, 2.24) is 5.32 Å². The van der Waals surface area contributed by atoms with Crippen molar-refractivity contribution in [3.63, 3.8) is 0 Å². The van der Waals surface area contributed by atoms with E-state index in [9.17, 15) is 9.59 Å². The van der Waals surface area contributed by atoms with Gasteiger partial charge in [-0.05, 0) is 47.7 Å². The van der Waals surface area contributed by atoms with Crippen molar-refractivity contribution in [2.45, 2.75) is 0 Å². The third-order valence-corrected chi connectivity index (χ3v) is 4.38. The highest BCUT2D eigenvalue weighted by molar-refractivity contribution is 8.18. The van der Waals surface area contributed by atoms with E-state index in [2.05, 4.69) is 10.3 Å². The molecule has 1 saturated heterocycles. The molecule has 0 radical (unpaired) electrons. The number of aliphatic carboxylic acids is 1. The summed E-state index contributed by atoms with van der Waals surface area (Å²) < 4.78 is 10.4. The van der Waals surface area contributed by atoms with Crippen LogP contribution in [-0.4, -0.2) is 35.9 Å². The smallest absolute Gasteiger partial charge is 0.341 e. The third-order valence-electron chi connectivity index (χ3n) is 3.47. The maximum absolute atomic E-state index is 12.2. The number of para-hydroxylation sites is 1. The number of carboxylic acid groups (broad SMARTS) is 1. The molecule has 2 aromatic rings. The van der Waals surface area contributed by atoms with Gasteiger partial charge in [0, 0.05) is 0 Å². The molecule has 3 rings (SSSR count). The molecule has 0 bridgehead atoms. The van der Waals surface area contributed by atoms with E-state index in [4.69, 9.17) is 14.6 Å². The number of hydrogen-bond acceptors (Lipinski definition) is 6. The zero-order valence-electron chi connectivity index (χ0n) is 14.3. The molecular formula is C19H16N2O5S. The molecule has 0 saturated carbocycles. The average molecular weight is 384 g/mol. The van der Waals surface area contributed by atoms with E-state index in [0.29, 0.717) is 27.1 Å². The topological polar surface area (TPSA) is 97.2 Å². The lowest BCUT2D eigenvalue weighted by Gasteiger charge is -2.09. The lowest BCUT2D eigenvalue weighted by Crippen LogP contribution is -2.19. The van der Waals surface area contributed by atoms with E-state index < -0.39 is 12.6 Å². The first-order valence-corrected chi connectivity index (χ1v) is 8.74. The van der Waals surface area contributed by atoms with Crippen molar-refractivity contribution in [3.05, 3.63) is 59.0 Å². The molecule has 1 fully saturated rings. The molecule has 7 nitrogen and oxygen atoms in total. The molecule has 0 spiro atoms. The fraction of sp³-hybridized carbons (Fsp3) is 0.105. The van der Waals surface area contributed by atoms with Gasteiger partial charge in [0.05, 0.1) is 17.7 Å². The number of ether oxygens (including phenoxy) is 2. The number of rotatable bonds is 6. The zero-order valence-corrected chi connectivity index (χ0v) is 15.2. The fourth-order valence-corrected chi connectivity index (χ4v) is 3.13. The average Bonchev–Trinajstić information content (AvgIpc) is 3.00. The summed E-state index contributed by atoms with van der Waals surface area (Å²) in [5.41, 5.74) is 1.47. The number of aliphatic imine (C=N–C) groups is 1. The predicted molar refractivity (Wildman–Crippen MR) is 103 cm³/mol. The van der Waals surface area contributed by atoms with E-state index in [1.165, 1.54) is 18.9 Å². The Hall–Kier alpha value is -3.26. The second-order valence-electron chi connectivity index (χ2n) is 5.41. The molecule has 1 amide bonds. The number of hydrogen-bond donors (Lipinski definition) is 2. The first kappa shape index (κ1) is 18.5. The number of thioether (sulfide) groups is 1. The monoisotopic (exact) mass is 384 g/mol. The van der Waals surface area contributed by atoms with Gasteiger partial charge in [-0.1, -0.05) is 24.3 Å². The summed E-state index contributed by atoms with van der Waals surface area (Å²) in [5, 5.41) is 11.9. The molecule has 2 N–H and O–H groups in total. The maximum atomic E-state index is 12.2. The summed E-state index contributed by atoms with van der Waals surface area (Å²) in [6.07, 6.45) is 1.71. The number of nitrogens with one attached hydrogen (secondary N) is 1. The number of methoxy groups -OCH3 is 1. The van der Waals surface area contributed by atoms with Crippen LogP contribution in [0.3, 0.4) is 0 Å². The normalized spacial score (nSPS) is 16.4. The van der Waals surface area contributed by atoms with Crippen LogP contribution < -0.4 is 14.8 Å². The molecule has 1 heterocycles. The van der Waals surface area contributed by atoms with Gasteiger partial charge in [-0.2, -0.15) is 0 Å². The van der Waals surface area contributed by atoms with Crippen LogP contribution in [0.2, 0.25) is 0 Å². The van der Waals surface area contributed by atoms with Gasteiger partial charge >= 0.3 is 5.97 Å². The zero-order chi connectivity index (χ0) is 19.2. The fourth-order valence-electron chi connectivity index (χ4n) is 2.28. The SMILES string of the molecule is COc1cc(/C=C2\SC(=Nc3ccccc3)NC2=O)ccc1OCC(=O)O. The molecule has 0 atom stereocenters. The van der Waals surface area contributed by atoms with Gasteiger partial charge in [-0.15, -0.1) is 0 Å². The van der Waals surface area contributed by atoms with Crippen LogP contribution >= 0.6 is 11.8 Å². The Morgan fingerprint density at radius 3 is 2.70 bits per heavy atom. The number of amidine groups is 1. The van der Waals surface area contributed by atoms with Gasteiger partial charge < -0.3 is 19.9 Å². The summed E-state index contributed by atoms with van der Waals surface area (Å²) in [7, 11) is 1.46. The van der Waals surface area contributed by atoms with Crippen molar-refractivity contribution >= 4 is 40.6 Å². The Balaban J connectivity index is 1.79. The van der Waals surface area contributed by atoms with Crippen LogP contribution in [0.4, 0.5) is 5.69 Å². The highest BCUT2D eigenvalue weighted by atomic mass is 32.2. The van der Waals surface area contributed by atoms with Crippen molar-refractivity contribution in [2.24, 2.45) is 4.99 Å². The summed E-state index contributed by atoms with van der Waals surface area (Å²) in [5.74, 6) is -0.614. The summed E-state index contributed by atoms with van der Waals surface area (Å²) in [6, 6.07) is 14.3. The van der Waals surface area contributed by atoms with Gasteiger partial charge in [0.2, 0.25) is 0 Å². The largest absolute Gasteiger partial charge is 0.493 e. The molecule has 1 aliphatic rings. The Morgan fingerprint density at radius 1 is 1.22 bits per heavy atom. The third kappa shape index (κ3) is 4.89. The van der Waals surface area contributed by atoms with Crippen LogP contribution in [0.15, 0.2) is 58.4 Å². The standard InChI is InChI=1S/C19H16N2O5S/c1-25-15-9-12(7-8-14(15)26-11-17(22)23)10-16-18(24)21-19(27-16)20-13-5-3-2-4-6-13/h2-10H,11H2,1H3,(H,22,23)(H,20,21,24)/b16-10-. The molecule has 0 aromatic heterocycles. The quantitative estimate of drug-likeness (QED) is 0.743. The van der Waals surface area contributed by atoms with Gasteiger partial charge in [0.1, 0.15) is 0 Å². The van der Waals surface area contributed by atoms with E-state index in [1.54, 1.807) is 24.3 Å². The highest BCUT2D eigenvalue weighted by Gasteiger charge is 2.24. The molecule has 8 heteroatoms. The molecule has 2 aromatic carbocycles. The van der Waals surface area contributed by atoms with Crippen molar-refractivity contribution in [1.29, 1.82) is 0 Å². The minimum atomic E-state index is -1.08. The number of nitrogens with zero attached hydrogens (tertiary/aromatic N) is 1. The van der Waals surface area contributed by atoms with Gasteiger partial charge in [-0.25, -0.2) is 9.79 Å². The van der Waals surface area contributed by atoms with E-state index in [0.717, 1.165) is 5.69 Å². The van der Waals surface area contributed by atoms with E-state index >= 15 is 0 Å². The van der Waals surface area contributed by atoms with Crippen molar-refractivity contribution in [2.75, 3.05) is 13.7 Å². The van der Waals surface area contributed by atoms with Crippen LogP contribution in [0.25, 0.3) is 6.08 Å². The first-order valence-electron chi connectivity index (χ1n) is 7.92. The van der Waals surface area contributed by atoms with Crippen LogP contribution in [0.5, 0.6) is 11.5 Å². The van der Waals surface area contributed by atoms with E-state index in [1.807, 2.05) is 30.3 Å². The second-order valence-corrected chi connectivity index (χ2v) is 6.44. The minimum Gasteiger partial charge on any atom is -0.493 e. The predicted octanol–water partition coefficient (Wildman–Crippen LogP) is 3.05. The Kier molecular flexibility index (Phi) is 5.77. The Morgan fingerprint density at radius 2 is 2.00 bits per heavy atom. The number of carbonyl (C=O) groups is 2. The van der Waals surface area contributed by atoms with Gasteiger partial charge in [0.25, 0.3) is 5.91 Å². The van der Waals surface area contributed by atoms with Crippen LogP contribution in [0.1, 0.15) is 5.56 Å². The Bertz CT molecular complexity index is 925. The van der Waals surface area contributed by atoms with Crippen molar-refractivity contribution in [3.8, 4) is 11.5 Å². The molecule has 0 unspecified atom stereocenters. The molecule has 0 aliphatic carbocycles. The number of amides is 1. The van der Waals surface area contributed by atoms with Crippen molar-refractivity contribution < 1.29 is 24.2 Å². The molecular weight excluding hydrogens is 368 g/mol. The number of benzene rings is 2. The lowest BCUT2D eigenvalue weighted by atomic mass is 10.2. The maximum Gasteiger partial charge on any atom is 0.341 e. The highest BCUT2D eigenvalue weighted by Crippen LogP contribution is 2.32. The van der Waals surface area contributed by atoms with Crippen LogP contribution in [0, 0.1) is 0 Å². The van der Waals surface area contributed by atoms with Gasteiger partial charge in [0.15, 0.2) is 23.3 Å². The Labute approximate surface area is 159 Å². The van der Waals surface area contributed by atoms with Gasteiger partial charge in [-0.3, -0.25) is 4.79 Å². The minimum absolute atomic E-state index is 0.236. The molecule has 1 aliphatic heterocycles. The lowest BCUT2D eigenvalue weighted by molar-refractivity contribution is -0.139.